The number of thiol groups is 1. The van der Waals surface area contributed by atoms with E-state index >= 15 is 0 Å². The molecule has 0 saturated heterocycles. The second-order valence-corrected chi connectivity index (χ2v) is 8.19. The molecule has 3 rings (SSSR count). The van der Waals surface area contributed by atoms with Crippen LogP contribution in [0, 0.1) is 0 Å². The number of carbonyl (C=O) groups is 1. The van der Waals surface area contributed by atoms with Gasteiger partial charge in [0.2, 0.25) is 0 Å². The van der Waals surface area contributed by atoms with E-state index in [1.54, 1.807) is 18.2 Å². The second kappa shape index (κ2) is 9.25. The van der Waals surface area contributed by atoms with Gasteiger partial charge >= 0.3 is 12.1 Å². The molecule has 0 spiro atoms. The molecular formula is C19H23F3N2O3S2. The third-order valence-electron chi connectivity index (χ3n) is 4.11. The van der Waals surface area contributed by atoms with E-state index in [4.69, 9.17) is 9.47 Å². The average Bonchev–Trinajstić information content (AvgIpc) is 3.24. The van der Waals surface area contributed by atoms with Crippen molar-refractivity contribution in [3.05, 3.63) is 30.0 Å². The summed E-state index contributed by atoms with van der Waals surface area (Å²) >= 11 is 4.95. The summed E-state index contributed by atoms with van der Waals surface area (Å²) in [4.78, 5) is 16.4. The number of hydrogen-bond donors (Lipinski definition) is 1. The smallest absolute Gasteiger partial charge is 0.471 e. The number of thiazole rings is 1. The van der Waals surface area contributed by atoms with Crippen LogP contribution in [0.3, 0.4) is 0 Å². The Balaban J connectivity index is 0.00000145. The van der Waals surface area contributed by atoms with Gasteiger partial charge in [-0.15, -0.1) is 12.6 Å². The maximum absolute atomic E-state index is 13.0. The molecule has 5 nitrogen and oxygen atoms in total. The van der Waals surface area contributed by atoms with Gasteiger partial charge in [0, 0.05) is 11.6 Å². The Kier molecular flexibility index (Phi) is 7.45. The van der Waals surface area contributed by atoms with Crippen LogP contribution in [-0.2, 0) is 11.3 Å². The molecule has 0 aliphatic heterocycles. The quantitative estimate of drug-likeness (QED) is 0.594. The van der Waals surface area contributed by atoms with Crippen LogP contribution in [0.1, 0.15) is 39.2 Å². The number of nitrogens with zero attached hydrogens (tertiary/aromatic N) is 2. The Morgan fingerprint density at radius 3 is 2.48 bits per heavy atom. The molecule has 0 atom stereocenters. The molecule has 1 saturated carbocycles. The Morgan fingerprint density at radius 2 is 2.00 bits per heavy atom. The molecule has 0 N–H and O–H groups in total. The molecule has 1 aliphatic rings. The molecule has 1 aromatic heterocycles. The van der Waals surface area contributed by atoms with Gasteiger partial charge in [-0.2, -0.15) is 13.2 Å². The van der Waals surface area contributed by atoms with Crippen LogP contribution in [0.2, 0.25) is 0 Å². The number of hydrogen-bond acceptors (Lipinski definition) is 6. The number of halogens is 3. The monoisotopic (exact) mass is 448 g/mol. The van der Waals surface area contributed by atoms with Crippen molar-refractivity contribution in [2.24, 2.45) is 0 Å². The predicted octanol–water partition coefficient (Wildman–Crippen LogP) is 5.49. The first-order valence-corrected chi connectivity index (χ1v) is 10.3. The highest BCUT2D eigenvalue weighted by molar-refractivity contribution is 7.83. The highest BCUT2D eigenvalue weighted by Gasteiger charge is 2.44. The van der Waals surface area contributed by atoms with Crippen molar-refractivity contribution in [2.45, 2.75) is 56.1 Å². The van der Waals surface area contributed by atoms with E-state index in [2.05, 4.69) is 17.6 Å². The summed E-state index contributed by atoms with van der Waals surface area (Å²) in [5.74, 6) is -1.10. The minimum Gasteiger partial charge on any atom is -0.496 e. The van der Waals surface area contributed by atoms with E-state index in [1.165, 1.54) is 13.3 Å². The Hall–Kier alpha value is -1.94. The maximum atomic E-state index is 13.0. The maximum Gasteiger partial charge on any atom is 0.471 e. The predicted molar refractivity (Wildman–Crippen MR) is 109 cm³/mol. The molecule has 0 radical (unpaired) electrons. The van der Waals surface area contributed by atoms with Crippen LogP contribution >= 0.6 is 24.0 Å². The van der Waals surface area contributed by atoms with Gasteiger partial charge in [0.25, 0.3) is 0 Å². The van der Waals surface area contributed by atoms with Crippen molar-refractivity contribution in [1.29, 1.82) is 0 Å². The topological polar surface area (TPSA) is 51.7 Å². The lowest BCUT2D eigenvalue weighted by atomic mass is 10.1. The molecule has 1 aromatic carbocycles. The SMILES string of the molecule is CC.COc1cc(OC2(C)CC2)ccc1CN(C(=O)C(F)(F)F)c1ncc(S)s1. The fraction of sp³-hybridized carbons (Fsp3) is 0.474. The number of anilines is 1. The number of amides is 1. The molecule has 1 heterocycles. The number of alkyl halides is 3. The highest BCUT2D eigenvalue weighted by Crippen LogP contribution is 2.41. The minimum atomic E-state index is -5.03. The molecule has 160 valence electrons. The Labute approximate surface area is 177 Å². The molecule has 0 bridgehead atoms. The van der Waals surface area contributed by atoms with Crippen molar-refractivity contribution in [1.82, 2.24) is 4.98 Å². The first-order valence-electron chi connectivity index (χ1n) is 9.01. The number of aromatic nitrogens is 1. The van der Waals surface area contributed by atoms with E-state index in [0.717, 1.165) is 24.2 Å². The molecule has 1 aliphatic carbocycles. The summed E-state index contributed by atoms with van der Waals surface area (Å²) in [5.41, 5.74) is 0.202. The molecule has 1 fully saturated rings. The lowest BCUT2D eigenvalue weighted by Crippen LogP contribution is -2.40. The minimum absolute atomic E-state index is 0.0878. The lowest BCUT2D eigenvalue weighted by Gasteiger charge is -2.22. The van der Waals surface area contributed by atoms with Crippen molar-refractivity contribution in [3.63, 3.8) is 0 Å². The first-order chi connectivity index (χ1) is 13.6. The summed E-state index contributed by atoms with van der Waals surface area (Å²) in [7, 11) is 1.41. The van der Waals surface area contributed by atoms with Gasteiger partial charge in [0.05, 0.1) is 24.1 Å². The van der Waals surface area contributed by atoms with Crippen molar-refractivity contribution < 1.29 is 27.4 Å². The summed E-state index contributed by atoms with van der Waals surface area (Å²) in [6, 6.07) is 4.86. The normalized spacial score (nSPS) is 14.5. The van der Waals surface area contributed by atoms with Crippen LogP contribution in [0.5, 0.6) is 11.5 Å². The molecular weight excluding hydrogens is 425 g/mol. The Morgan fingerprint density at radius 1 is 1.34 bits per heavy atom. The molecule has 10 heteroatoms. The van der Waals surface area contributed by atoms with Gasteiger partial charge in [0.15, 0.2) is 5.13 Å². The zero-order valence-corrected chi connectivity index (χ0v) is 18.3. The third-order valence-corrected chi connectivity index (χ3v) is 5.32. The summed E-state index contributed by atoms with van der Waals surface area (Å²) in [6.07, 6.45) is -1.84. The Bertz CT molecular complexity index is 851. The fourth-order valence-electron chi connectivity index (χ4n) is 2.41. The zero-order valence-electron chi connectivity index (χ0n) is 16.5. The van der Waals surface area contributed by atoms with Gasteiger partial charge in [-0.1, -0.05) is 25.2 Å². The van der Waals surface area contributed by atoms with E-state index in [0.29, 0.717) is 26.2 Å². The first kappa shape index (κ1) is 23.3. The largest absolute Gasteiger partial charge is 0.496 e. The van der Waals surface area contributed by atoms with Crippen molar-refractivity contribution >= 4 is 35.0 Å². The van der Waals surface area contributed by atoms with Gasteiger partial charge in [0.1, 0.15) is 17.1 Å². The van der Waals surface area contributed by atoms with Crippen LogP contribution in [-0.4, -0.2) is 29.8 Å². The molecule has 29 heavy (non-hydrogen) atoms. The third kappa shape index (κ3) is 6.02. The van der Waals surface area contributed by atoms with Crippen LogP contribution < -0.4 is 14.4 Å². The van der Waals surface area contributed by atoms with E-state index in [9.17, 15) is 18.0 Å². The number of benzene rings is 1. The van der Waals surface area contributed by atoms with Crippen molar-refractivity contribution in [2.75, 3.05) is 12.0 Å². The van der Waals surface area contributed by atoms with Gasteiger partial charge < -0.3 is 9.47 Å². The molecule has 0 unspecified atom stereocenters. The number of ether oxygens (including phenoxy) is 2. The number of methoxy groups -OCH3 is 1. The zero-order chi connectivity index (χ0) is 21.8. The summed E-state index contributed by atoms with van der Waals surface area (Å²) in [6.45, 7) is 5.63. The van der Waals surface area contributed by atoms with E-state index in [-0.39, 0.29) is 17.3 Å². The molecule has 1 amide bonds. The second-order valence-electron chi connectivity index (χ2n) is 6.40. The van der Waals surface area contributed by atoms with Crippen LogP contribution in [0.15, 0.2) is 28.6 Å². The van der Waals surface area contributed by atoms with Gasteiger partial charge in [-0.05, 0) is 31.9 Å². The van der Waals surface area contributed by atoms with Crippen molar-refractivity contribution in [3.8, 4) is 11.5 Å². The fourth-order valence-corrected chi connectivity index (χ4v) is 3.37. The van der Waals surface area contributed by atoms with E-state index in [1.807, 2.05) is 20.8 Å². The summed E-state index contributed by atoms with van der Waals surface area (Å²) in [5, 5.41) is -0.0878. The number of rotatable bonds is 6. The van der Waals surface area contributed by atoms with Gasteiger partial charge in [-0.3, -0.25) is 9.69 Å². The standard InChI is InChI=1S/C17H17F3N2O3S2.C2H6/c1-16(5-6-16)25-11-4-3-10(12(7-11)24-2)9-22(14(23)17(18,19)20)15-21-8-13(26)27-15;1-2/h3-4,7-8,26H,5-6,9H2,1-2H3;1-2H3. The average molecular weight is 449 g/mol. The van der Waals surface area contributed by atoms with Gasteiger partial charge in [-0.25, -0.2) is 4.98 Å². The lowest BCUT2D eigenvalue weighted by molar-refractivity contribution is -0.170. The van der Waals surface area contributed by atoms with E-state index < -0.39 is 12.1 Å². The summed E-state index contributed by atoms with van der Waals surface area (Å²) < 4.78 is 50.7. The highest BCUT2D eigenvalue weighted by atomic mass is 32.2. The molecule has 2 aromatic rings. The van der Waals surface area contributed by atoms with Crippen LogP contribution in [0.4, 0.5) is 18.3 Å². The number of carbonyl (C=O) groups excluding carboxylic acids is 1. The van der Waals surface area contributed by atoms with Crippen LogP contribution in [0.25, 0.3) is 0 Å².